The Morgan fingerprint density at radius 2 is 1.91 bits per heavy atom. The van der Waals surface area contributed by atoms with E-state index >= 15 is 0 Å². The average Bonchev–Trinajstić information content (AvgIpc) is 2.51. The van der Waals surface area contributed by atoms with Crippen molar-refractivity contribution in [3.63, 3.8) is 0 Å². The van der Waals surface area contributed by atoms with Crippen LogP contribution in [0.25, 0.3) is 0 Å². The Kier molecular flexibility index (Phi) is 4.78. The number of halogens is 2. The summed E-state index contributed by atoms with van der Waals surface area (Å²) in [7, 11) is 1.24. The Labute approximate surface area is 131 Å². The lowest BCUT2D eigenvalue weighted by molar-refractivity contribution is 0.0600. The van der Waals surface area contributed by atoms with Gasteiger partial charge in [-0.15, -0.1) is 0 Å². The van der Waals surface area contributed by atoms with Crippen LogP contribution in [0, 0.1) is 12.7 Å². The van der Waals surface area contributed by atoms with Crippen molar-refractivity contribution in [2.75, 3.05) is 12.4 Å². The SMILES string of the molecule is COC(=O)c1cc(NC(=O)c2ccc(C)c(F)c2)ccc1Cl. The summed E-state index contributed by atoms with van der Waals surface area (Å²) >= 11 is 5.90. The molecule has 2 aromatic carbocycles. The van der Waals surface area contributed by atoms with Crippen LogP contribution >= 0.6 is 11.6 Å². The molecule has 2 rings (SSSR count). The Morgan fingerprint density at radius 3 is 2.55 bits per heavy atom. The van der Waals surface area contributed by atoms with Crippen LogP contribution in [0.5, 0.6) is 0 Å². The zero-order valence-corrected chi connectivity index (χ0v) is 12.7. The highest BCUT2D eigenvalue weighted by atomic mass is 35.5. The lowest BCUT2D eigenvalue weighted by Crippen LogP contribution is -2.13. The molecule has 0 saturated carbocycles. The second kappa shape index (κ2) is 6.58. The number of nitrogens with one attached hydrogen (secondary N) is 1. The van der Waals surface area contributed by atoms with Gasteiger partial charge in [-0.2, -0.15) is 0 Å². The van der Waals surface area contributed by atoms with E-state index in [4.69, 9.17) is 11.6 Å². The summed E-state index contributed by atoms with van der Waals surface area (Å²) in [5.41, 5.74) is 1.13. The molecule has 4 nitrogen and oxygen atoms in total. The van der Waals surface area contributed by atoms with Gasteiger partial charge in [0.1, 0.15) is 5.82 Å². The number of aryl methyl sites for hydroxylation is 1. The molecule has 0 atom stereocenters. The van der Waals surface area contributed by atoms with Gasteiger partial charge in [0, 0.05) is 11.3 Å². The lowest BCUT2D eigenvalue weighted by atomic mass is 10.1. The molecule has 2 aromatic rings. The van der Waals surface area contributed by atoms with E-state index < -0.39 is 17.7 Å². The number of carbonyl (C=O) groups is 2. The second-order valence-electron chi connectivity index (χ2n) is 4.60. The molecule has 22 heavy (non-hydrogen) atoms. The molecule has 1 amide bonds. The van der Waals surface area contributed by atoms with Crippen molar-refractivity contribution >= 4 is 29.2 Å². The molecule has 0 spiro atoms. The number of methoxy groups -OCH3 is 1. The van der Waals surface area contributed by atoms with Crippen molar-refractivity contribution in [1.82, 2.24) is 0 Å². The number of esters is 1. The van der Waals surface area contributed by atoms with E-state index in [1.807, 2.05) is 0 Å². The van der Waals surface area contributed by atoms with Crippen molar-refractivity contribution < 1.29 is 18.7 Å². The van der Waals surface area contributed by atoms with Crippen LogP contribution < -0.4 is 5.32 Å². The molecule has 0 aliphatic rings. The quantitative estimate of drug-likeness (QED) is 0.874. The van der Waals surface area contributed by atoms with Gasteiger partial charge in [0.15, 0.2) is 0 Å². The zero-order valence-electron chi connectivity index (χ0n) is 11.9. The van der Waals surface area contributed by atoms with Gasteiger partial charge in [0.05, 0.1) is 17.7 Å². The molecule has 114 valence electrons. The molecule has 0 unspecified atom stereocenters. The average molecular weight is 322 g/mol. The molecule has 0 heterocycles. The minimum atomic E-state index is -0.609. The number of benzene rings is 2. The van der Waals surface area contributed by atoms with Gasteiger partial charge >= 0.3 is 5.97 Å². The number of rotatable bonds is 3. The van der Waals surface area contributed by atoms with E-state index in [-0.39, 0.29) is 16.1 Å². The summed E-state index contributed by atoms with van der Waals surface area (Å²) in [6.07, 6.45) is 0. The smallest absolute Gasteiger partial charge is 0.339 e. The van der Waals surface area contributed by atoms with E-state index in [1.54, 1.807) is 6.92 Å². The molecule has 0 fully saturated rings. The van der Waals surface area contributed by atoms with Crippen molar-refractivity contribution in [2.45, 2.75) is 6.92 Å². The predicted molar refractivity (Wildman–Crippen MR) is 81.9 cm³/mol. The molecular formula is C16H13ClFNO3. The lowest BCUT2D eigenvalue weighted by Gasteiger charge is -2.09. The minimum Gasteiger partial charge on any atom is -0.465 e. The van der Waals surface area contributed by atoms with Crippen LogP contribution in [0.3, 0.4) is 0 Å². The molecule has 1 N–H and O–H groups in total. The Hall–Kier alpha value is -2.40. The van der Waals surface area contributed by atoms with Gasteiger partial charge in [-0.25, -0.2) is 9.18 Å². The molecule has 6 heteroatoms. The molecule has 0 aliphatic carbocycles. The van der Waals surface area contributed by atoms with Crippen LogP contribution in [-0.4, -0.2) is 19.0 Å². The molecule has 0 bridgehead atoms. The van der Waals surface area contributed by atoms with Crippen LogP contribution in [-0.2, 0) is 4.74 Å². The predicted octanol–water partition coefficient (Wildman–Crippen LogP) is 3.83. The first-order valence-corrected chi connectivity index (χ1v) is 6.75. The summed E-state index contributed by atoms with van der Waals surface area (Å²) in [5, 5.41) is 2.79. The van der Waals surface area contributed by atoms with Crippen molar-refractivity contribution in [2.24, 2.45) is 0 Å². The normalized spacial score (nSPS) is 10.2. The molecule has 0 aromatic heterocycles. The van der Waals surface area contributed by atoms with Crippen LogP contribution in [0.1, 0.15) is 26.3 Å². The standard InChI is InChI=1S/C16H13ClFNO3/c1-9-3-4-10(7-14(9)18)15(20)19-11-5-6-13(17)12(8-11)16(21)22-2/h3-8H,1-2H3,(H,19,20). The van der Waals surface area contributed by atoms with Crippen molar-refractivity contribution in [1.29, 1.82) is 0 Å². The number of carbonyl (C=O) groups excluding carboxylic acids is 2. The Morgan fingerprint density at radius 1 is 1.18 bits per heavy atom. The fourth-order valence-electron chi connectivity index (χ4n) is 1.81. The maximum Gasteiger partial charge on any atom is 0.339 e. The van der Waals surface area contributed by atoms with Crippen LogP contribution in [0.15, 0.2) is 36.4 Å². The molecule has 0 saturated heterocycles. The third-order valence-electron chi connectivity index (χ3n) is 3.06. The van der Waals surface area contributed by atoms with E-state index in [0.717, 1.165) is 6.07 Å². The number of ether oxygens (including phenoxy) is 1. The maximum absolute atomic E-state index is 13.5. The first kappa shape index (κ1) is 16.0. The fraction of sp³-hybridized carbons (Fsp3) is 0.125. The van der Waals surface area contributed by atoms with Crippen LogP contribution in [0.4, 0.5) is 10.1 Å². The first-order valence-electron chi connectivity index (χ1n) is 6.37. The highest BCUT2D eigenvalue weighted by Gasteiger charge is 2.13. The zero-order chi connectivity index (χ0) is 16.3. The van der Waals surface area contributed by atoms with E-state index in [9.17, 15) is 14.0 Å². The van der Waals surface area contributed by atoms with Gasteiger partial charge in [-0.1, -0.05) is 17.7 Å². The van der Waals surface area contributed by atoms with Gasteiger partial charge < -0.3 is 10.1 Å². The number of hydrogen-bond acceptors (Lipinski definition) is 3. The third kappa shape index (κ3) is 3.43. The summed E-state index contributed by atoms with van der Waals surface area (Å²) in [4.78, 5) is 23.6. The van der Waals surface area contributed by atoms with E-state index in [1.165, 1.54) is 37.4 Å². The van der Waals surface area contributed by atoms with Gasteiger partial charge in [0.25, 0.3) is 5.91 Å². The van der Waals surface area contributed by atoms with Crippen LogP contribution in [0.2, 0.25) is 5.02 Å². The van der Waals surface area contributed by atoms with Crippen molar-refractivity contribution in [3.8, 4) is 0 Å². The monoisotopic (exact) mass is 321 g/mol. The van der Waals surface area contributed by atoms with Crippen molar-refractivity contribution in [3.05, 3.63) is 63.9 Å². The van der Waals surface area contributed by atoms with Gasteiger partial charge in [-0.3, -0.25) is 4.79 Å². The highest BCUT2D eigenvalue weighted by Crippen LogP contribution is 2.22. The molecule has 0 aliphatic heterocycles. The summed E-state index contributed by atoms with van der Waals surface area (Å²) in [6.45, 7) is 1.61. The van der Waals surface area contributed by atoms with Gasteiger partial charge in [-0.05, 0) is 42.8 Å². The number of hydrogen-bond donors (Lipinski definition) is 1. The first-order chi connectivity index (χ1) is 10.4. The second-order valence-corrected chi connectivity index (χ2v) is 5.01. The highest BCUT2D eigenvalue weighted by molar-refractivity contribution is 6.33. The Bertz CT molecular complexity index is 746. The molecular weight excluding hydrogens is 309 g/mol. The molecule has 0 radical (unpaired) electrons. The summed E-state index contributed by atoms with van der Waals surface area (Å²) in [6, 6.07) is 8.60. The van der Waals surface area contributed by atoms with Gasteiger partial charge in [0.2, 0.25) is 0 Å². The number of amides is 1. The fourth-order valence-corrected chi connectivity index (χ4v) is 2.00. The van der Waals surface area contributed by atoms with E-state index in [2.05, 4.69) is 10.1 Å². The summed E-state index contributed by atoms with van der Waals surface area (Å²) in [5.74, 6) is -1.56. The minimum absolute atomic E-state index is 0.136. The van der Waals surface area contributed by atoms with E-state index in [0.29, 0.717) is 11.3 Å². The maximum atomic E-state index is 13.5. The summed E-state index contributed by atoms with van der Waals surface area (Å²) < 4.78 is 18.1. The topological polar surface area (TPSA) is 55.4 Å². The number of anilines is 1. The third-order valence-corrected chi connectivity index (χ3v) is 3.39. The largest absolute Gasteiger partial charge is 0.465 e. The Balaban J connectivity index is 2.24.